The van der Waals surface area contributed by atoms with Crippen molar-refractivity contribution in [2.75, 3.05) is 0 Å². The topological polar surface area (TPSA) is 52.5 Å². The Morgan fingerprint density at radius 1 is 1.80 bits per heavy atom. The second-order valence-electron chi connectivity index (χ2n) is 1.75. The van der Waals surface area contributed by atoms with E-state index in [0.717, 1.165) is 5.69 Å². The molecular formula is C6H5N3S. The summed E-state index contributed by atoms with van der Waals surface area (Å²) in [6.07, 6.45) is 1.85. The molecule has 0 bridgehead atoms. The lowest BCUT2D eigenvalue weighted by molar-refractivity contribution is 1.04. The fraction of sp³-hybridized carbons (Fsp3) is 0.167. The van der Waals surface area contributed by atoms with Crippen LogP contribution in [0.3, 0.4) is 0 Å². The van der Waals surface area contributed by atoms with E-state index in [1.807, 2.05) is 6.07 Å². The van der Waals surface area contributed by atoms with Gasteiger partial charge in [0, 0.05) is 5.69 Å². The molecule has 1 rings (SSSR count). The number of nitrogens with zero attached hydrogens (tertiary/aromatic N) is 2. The molecular weight excluding hydrogens is 146 g/mol. The largest absolute Gasteiger partial charge is 0.349 e. The Kier molecular flexibility index (Phi) is 2.13. The first-order valence-electron chi connectivity index (χ1n) is 2.73. The van der Waals surface area contributed by atoms with Gasteiger partial charge in [0.2, 0.25) is 0 Å². The summed E-state index contributed by atoms with van der Waals surface area (Å²) in [5.41, 5.74) is 0.808. The Balaban J connectivity index is 2.98. The van der Waals surface area contributed by atoms with Gasteiger partial charge in [-0.25, -0.2) is 4.98 Å². The van der Waals surface area contributed by atoms with Crippen molar-refractivity contribution in [1.29, 1.82) is 5.26 Å². The number of rotatable bonds is 1. The average molecular weight is 151 g/mol. The number of hydrogen-bond donors (Lipinski definition) is 1. The molecule has 3 nitrogen and oxygen atoms in total. The third kappa shape index (κ3) is 1.64. The lowest BCUT2D eigenvalue weighted by Crippen LogP contribution is -1.87. The minimum absolute atomic E-state index is 0.353. The quantitative estimate of drug-likeness (QED) is 0.614. The Bertz CT molecular complexity index is 309. The van der Waals surface area contributed by atoms with Gasteiger partial charge in [0.25, 0.3) is 0 Å². The highest BCUT2D eigenvalue weighted by molar-refractivity contribution is 7.71. The molecule has 1 aromatic heterocycles. The molecule has 0 aliphatic carbocycles. The van der Waals surface area contributed by atoms with Crippen LogP contribution in [0, 0.1) is 16.0 Å². The summed E-state index contributed by atoms with van der Waals surface area (Å²) in [6.45, 7) is 0. The zero-order valence-corrected chi connectivity index (χ0v) is 5.98. The van der Waals surface area contributed by atoms with Gasteiger partial charge in [-0.15, -0.1) is 0 Å². The first-order valence-corrected chi connectivity index (χ1v) is 3.14. The molecule has 0 saturated heterocycles. The molecule has 0 aliphatic heterocycles. The minimum Gasteiger partial charge on any atom is -0.349 e. The van der Waals surface area contributed by atoms with Crippen molar-refractivity contribution in [3.63, 3.8) is 0 Å². The van der Waals surface area contributed by atoms with Gasteiger partial charge in [-0.2, -0.15) is 5.26 Å². The van der Waals surface area contributed by atoms with Crippen LogP contribution in [0.15, 0.2) is 12.4 Å². The molecule has 10 heavy (non-hydrogen) atoms. The molecule has 0 spiro atoms. The zero-order valence-electron chi connectivity index (χ0n) is 5.16. The number of nitriles is 1. The Hall–Kier alpha value is -1.21. The van der Waals surface area contributed by atoms with Crippen LogP contribution < -0.4 is 0 Å². The summed E-state index contributed by atoms with van der Waals surface area (Å²) < 4.78 is 0.518. The van der Waals surface area contributed by atoms with E-state index >= 15 is 0 Å². The standard InChI is InChI=1S/C6H5N3S/c7-2-1-5-3-6(10)9-4-8-5/h3-4H,1H2,(H,8,9,10). The van der Waals surface area contributed by atoms with Crippen LogP contribution in [0.25, 0.3) is 0 Å². The van der Waals surface area contributed by atoms with Crippen LogP contribution >= 0.6 is 12.2 Å². The molecule has 0 fully saturated rings. The lowest BCUT2D eigenvalue weighted by atomic mass is 10.3. The van der Waals surface area contributed by atoms with E-state index in [9.17, 15) is 0 Å². The van der Waals surface area contributed by atoms with Crippen molar-refractivity contribution in [3.05, 3.63) is 22.7 Å². The summed E-state index contributed by atoms with van der Waals surface area (Å²) in [4.78, 5) is 6.58. The summed E-state index contributed by atoms with van der Waals surface area (Å²) in [6, 6.07) is 3.68. The Morgan fingerprint density at radius 3 is 3.20 bits per heavy atom. The predicted octanol–water partition coefficient (Wildman–Crippen LogP) is 1.21. The molecule has 1 aromatic rings. The van der Waals surface area contributed by atoms with E-state index < -0.39 is 0 Å². The molecule has 1 heterocycles. The fourth-order valence-electron chi connectivity index (χ4n) is 0.594. The maximum atomic E-state index is 8.29. The molecule has 1 N–H and O–H groups in total. The van der Waals surface area contributed by atoms with Crippen LogP contribution in [0.2, 0.25) is 0 Å². The monoisotopic (exact) mass is 151 g/mol. The molecule has 4 heteroatoms. The summed E-state index contributed by atoms with van der Waals surface area (Å²) in [7, 11) is 0. The maximum Gasteiger partial charge on any atom is 0.129 e. The van der Waals surface area contributed by atoms with Crippen molar-refractivity contribution in [1.82, 2.24) is 9.97 Å². The second-order valence-corrected chi connectivity index (χ2v) is 2.16. The van der Waals surface area contributed by atoms with Gasteiger partial charge in [-0.3, -0.25) is 0 Å². The number of aromatic amines is 1. The number of H-pyrrole nitrogens is 1. The van der Waals surface area contributed by atoms with E-state index in [-0.39, 0.29) is 0 Å². The van der Waals surface area contributed by atoms with Crippen molar-refractivity contribution in [2.45, 2.75) is 6.42 Å². The van der Waals surface area contributed by atoms with E-state index in [2.05, 4.69) is 9.97 Å². The SMILES string of the molecule is N#CCc1cc(=S)nc[nH]1. The number of aromatic nitrogens is 2. The van der Waals surface area contributed by atoms with E-state index in [1.54, 1.807) is 6.07 Å². The summed E-state index contributed by atoms with van der Waals surface area (Å²) >= 11 is 4.77. The third-order valence-corrected chi connectivity index (χ3v) is 1.23. The van der Waals surface area contributed by atoms with Gasteiger partial charge in [-0.05, 0) is 6.07 Å². The maximum absolute atomic E-state index is 8.29. The normalized spacial score (nSPS) is 8.70. The Labute approximate surface area is 63.4 Å². The predicted molar refractivity (Wildman–Crippen MR) is 38.7 cm³/mol. The smallest absolute Gasteiger partial charge is 0.129 e. The average Bonchev–Trinajstić information content (AvgIpc) is 1.88. The van der Waals surface area contributed by atoms with E-state index in [1.165, 1.54) is 6.33 Å². The highest BCUT2D eigenvalue weighted by Gasteiger charge is 1.88. The number of hydrogen-bond acceptors (Lipinski definition) is 3. The van der Waals surface area contributed by atoms with Crippen molar-refractivity contribution >= 4 is 12.2 Å². The van der Waals surface area contributed by atoms with Gasteiger partial charge in [-0.1, -0.05) is 12.2 Å². The van der Waals surface area contributed by atoms with Crippen molar-refractivity contribution in [2.24, 2.45) is 0 Å². The summed E-state index contributed by atoms with van der Waals surface area (Å²) in [5, 5.41) is 8.29. The van der Waals surface area contributed by atoms with Gasteiger partial charge >= 0.3 is 0 Å². The van der Waals surface area contributed by atoms with Crippen LogP contribution in [-0.4, -0.2) is 9.97 Å². The Morgan fingerprint density at radius 2 is 2.60 bits per heavy atom. The number of nitrogens with one attached hydrogen (secondary N) is 1. The summed E-state index contributed by atoms with van der Waals surface area (Å²) in [5.74, 6) is 0. The molecule has 0 aromatic carbocycles. The highest BCUT2D eigenvalue weighted by atomic mass is 32.1. The minimum atomic E-state index is 0.353. The van der Waals surface area contributed by atoms with Crippen molar-refractivity contribution < 1.29 is 0 Å². The first-order chi connectivity index (χ1) is 4.83. The fourth-order valence-corrected chi connectivity index (χ4v) is 0.789. The molecule has 0 atom stereocenters. The molecule has 50 valence electrons. The van der Waals surface area contributed by atoms with E-state index in [4.69, 9.17) is 17.5 Å². The van der Waals surface area contributed by atoms with Crippen LogP contribution in [-0.2, 0) is 6.42 Å². The third-order valence-electron chi connectivity index (χ3n) is 1.01. The van der Waals surface area contributed by atoms with Crippen molar-refractivity contribution in [3.8, 4) is 6.07 Å². The lowest BCUT2D eigenvalue weighted by Gasteiger charge is -1.90. The molecule has 0 saturated carbocycles. The molecule has 0 amide bonds. The second kappa shape index (κ2) is 3.08. The van der Waals surface area contributed by atoms with Gasteiger partial charge in [0.05, 0.1) is 18.8 Å². The van der Waals surface area contributed by atoms with Gasteiger partial charge in [0.15, 0.2) is 0 Å². The molecule has 0 aliphatic rings. The molecule has 0 radical (unpaired) electrons. The first kappa shape index (κ1) is 6.90. The van der Waals surface area contributed by atoms with Crippen LogP contribution in [0.1, 0.15) is 5.69 Å². The van der Waals surface area contributed by atoms with Crippen LogP contribution in [0.4, 0.5) is 0 Å². The van der Waals surface area contributed by atoms with Gasteiger partial charge < -0.3 is 4.98 Å². The highest BCUT2D eigenvalue weighted by Crippen LogP contribution is 1.92. The zero-order chi connectivity index (χ0) is 7.40. The van der Waals surface area contributed by atoms with E-state index in [0.29, 0.717) is 11.1 Å². The van der Waals surface area contributed by atoms with Gasteiger partial charge in [0.1, 0.15) is 4.64 Å². The molecule has 0 unspecified atom stereocenters. The van der Waals surface area contributed by atoms with Crippen LogP contribution in [0.5, 0.6) is 0 Å².